The molecule has 0 unspecified atom stereocenters. The number of sulfonamides is 1. The summed E-state index contributed by atoms with van der Waals surface area (Å²) in [5, 5.41) is 5.14. The molecule has 0 atom stereocenters. The van der Waals surface area contributed by atoms with E-state index >= 15 is 0 Å². The van der Waals surface area contributed by atoms with Crippen molar-refractivity contribution in [2.24, 2.45) is 5.14 Å². The molecule has 1 aliphatic heterocycles. The number of hydrogen-bond acceptors (Lipinski definition) is 4. The Morgan fingerprint density at radius 2 is 1.56 bits per heavy atom. The fourth-order valence-electron chi connectivity index (χ4n) is 3.01. The van der Waals surface area contributed by atoms with Crippen LogP contribution in [0.1, 0.15) is 35.2 Å². The predicted molar refractivity (Wildman–Crippen MR) is 98.8 cm³/mol. The van der Waals surface area contributed by atoms with Crippen molar-refractivity contribution >= 4 is 33.1 Å². The van der Waals surface area contributed by atoms with Gasteiger partial charge in [0.2, 0.25) is 10.0 Å². The van der Waals surface area contributed by atoms with Crippen LogP contribution in [0.4, 0.5) is 5.69 Å². The molecule has 7 heteroatoms. The van der Waals surface area contributed by atoms with E-state index in [1.165, 1.54) is 37.5 Å². The van der Waals surface area contributed by atoms with Gasteiger partial charge in [-0.2, -0.15) is 0 Å². The Balaban J connectivity index is 1.86. The minimum absolute atomic E-state index is 0.000466. The Kier molecular flexibility index (Phi) is 5.13. The van der Waals surface area contributed by atoms with Crippen molar-refractivity contribution < 1.29 is 13.2 Å². The largest absolute Gasteiger partial charge is 0.372 e. The number of primary sulfonamides is 1. The van der Waals surface area contributed by atoms with Gasteiger partial charge in [-0.1, -0.05) is 11.6 Å². The zero-order chi connectivity index (χ0) is 18.0. The molecule has 0 radical (unpaired) electrons. The van der Waals surface area contributed by atoms with Crippen LogP contribution >= 0.6 is 11.6 Å². The zero-order valence-corrected chi connectivity index (χ0v) is 15.2. The van der Waals surface area contributed by atoms with Crippen LogP contribution in [0.3, 0.4) is 0 Å². The molecule has 132 valence electrons. The van der Waals surface area contributed by atoms with Crippen LogP contribution in [-0.4, -0.2) is 27.3 Å². The van der Waals surface area contributed by atoms with Gasteiger partial charge in [-0.25, -0.2) is 13.6 Å². The average molecular weight is 379 g/mol. The molecule has 0 bridgehead atoms. The van der Waals surface area contributed by atoms with Gasteiger partial charge in [0.1, 0.15) is 4.90 Å². The van der Waals surface area contributed by atoms with E-state index in [0.29, 0.717) is 5.56 Å². The molecule has 1 fully saturated rings. The third kappa shape index (κ3) is 4.03. The number of hydrogen-bond donors (Lipinski definition) is 1. The standard InChI is InChI=1S/C18H19ClN2O3S/c19-16-9-6-14(12-17(16)25(20,23)24)18(22)13-4-7-15(8-5-13)21-10-2-1-3-11-21/h4-9,12H,1-3,10-11H2,(H2,20,23,24). The summed E-state index contributed by atoms with van der Waals surface area (Å²) in [6.45, 7) is 2.06. The van der Waals surface area contributed by atoms with Gasteiger partial charge in [0.05, 0.1) is 5.02 Å². The molecule has 0 spiro atoms. The van der Waals surface area contributed by atoms with E-state index < -0.39 is 10.0 Å². The first-order chi connectivity index (χ1) is 11.9. The zero-order valence-electron chi connectivity index (χ0n) is 13.6. The number of ketones is 1. The Labute approximate surface area is 152 Å². The molecular formula is C18H19ClN2O3S. The van der Waals surface area contributed by atoms with Crippen LogP contribution in [0.2, 0.25) is 5.02 Å². The number of nitrogens with zero attached hydrogens (tertiary/aromatic N) is 1. The smallest absolute Gasteiger partial charge is 0.239 e. The van der Waals surface area contributed by atoms with Crippen molar-refractivity contribution in [2.45, 2.75) is 24.2 Å². The highest BCUT2D eigenvalue weighted by atomic mass is 35.5. The van der Waals surface area contributed by atoms with E-state index in [4.69, 9.17) is 16.7 Å². The summed E-state index contributed by atoms with van der Waals surface area (Å²) in [6.07, 6.45) is 3.62. The Morgan fingerprint density at radius 3 is 2.16 bits per heavy atom. The lowest BCUT2D eigenvalue weighted by molar-refractivity contribution is 0.103. The molecule has 25 heavy (non-hydrogen) atoms. The molecule has 0 saturated carbocycles. The van der Waals surface area contributed by atoms with Crippen LogP contribution < -0.4 is 10.0 Å². The van der Waals surface area contributed by atoms with E-state index in [2.05, 4.69) is 4.90 Å². The third-order valence-electron chi connectivity index (χ3n) is 4.35. The SMILES string of the molecule is NS(=O)(=O)c1cc(C(=O)c2ccc(N3CCCCC3)cc2)ccc1Cl. The molecule has 2 N–H and O–H groups in total. The Morgan fingerprint density at radius 1 is 0.960 bits per heavy atom. The van der Waals surface area contributed by atoms with Crippen LogP contribution in [0.15, 0.2) is 47.4 Å². The maximum atomic E-state index is 12.6. The number of anilines is 1. The highest BCUT2D eigenvalue weighted by molar-refractivity contribution is 7.89. The van der Waals surface area contributed by atoms with Gasteiger partial charge >= 0.3 is 0 Å². The average Bonchev–Trinajstić information content (AvgIpc) is 2.61. The summed E-state index contributed by atoms with van der Waals surface area (Å²) >= 11 is 5.86. The second-order valence-electron chi connectivity index (χ2n) is 6.11. The molecule has 5 nitrogen and oxygen atoms in total. The second kappa shape index (κ2) is 7.15. The van der Waals surface area contributed by atoms with Crippen LogP contribution in [0.5, 0.6) is 0 Å². The first-order valence-electron chi connectivity index (χ1n) is 8.08. The maximum Gasteiger partial charge on any atom is 0.239 e. The summed E-state index contributed by atoms with van der Waals surface area (Å²) in [4.78, 5) is 14.7. The topological polar surface area (TPSA) is 80.5 Å². The molecule has 2 aromatic rings. The van der Waals surface area contributed by atoms with Gasteiger partial charge in [-0.15, -0.1) is 0 Å². The van der Waals surface area contributed by atoms with Crippen LogP contribution in [0, 0.1) is 0 Å². The number of nitrogens with two attached hydrogens (primary N) is 1. The summed E-state index contributed by atoms with van der Waals surface area (Å²) < 4.78 is 23.1. The van der Waals surface area contributed by atoms with Gasteiger partial charge in [0.25, 0.3) is 0 Å². The predicted octanol–water partition coefficient (Wildman–Crippen LogP) is 3.21. The molecule has 1 aliphatic rings. The van der Waals surface area contributed by atoms with Crippen molar-refractivity contribution in [3.8, 4) is 0 Å². The molecule has 0 amide bonds. The molecular weight excluding hydrogens is 360 g/mol. The number of rotatable bonds is 4. The summed E-state index contributed by atoms with van der Waals surface area (Å²) in [5.41, 5.74) is 1.82. The molecule has 1 heterocycles. The van der Waals surface area contributed by atoms with Gasteiger partial charge in [0, 0.05) is 29.9 Å². The lowest BCUT2D eigenvalue weighted by Gasteiger charge is -2.28. The van der Waals surface area contributed by atoms with Gasteiger partial charge in [0.15, 0.2) is 5.78 Å². The first kappa shape index (κ1) is 17.9. The maximum absolute atomic E-state index is 12.6. The van der Waals surface area contributed by atoms with E-state index in [1.54, 1.807) is 12.1 Å². The van der Waals surface area contributed by atoms with Crippen molar-refractivity contribution in [3.05, 3.63) is 58.6 Å². The number of benzene rings is 2. The third-order valence-corrected chi connectivity index (χ3v) is 5.74. The quantitative estimate of drug-likeness (QED) is 0.828. The number of piperidine rings is 1. The highest BCUT2D eigenvalue weighted by Gasteiger charge is 2.18. The van der Waals surface area contributed by atoms with Crippen molar-refractivity contribution in [1.29, 1.82) is 0 Å². The van der Waals surface area contributed by atoms with E-state index in [0.717, 1.165) is 18.8 Å². The molecule has 0 aliphatic carbocycles. The summed E-state index contributed by atoms with van der Waals surface area (Å²) in [6, 6.07) is 11.5. The molecule has 1 saturated heterocycles. The van der Waals surface area contributed by atoms with Crippen molar-refractivity contribution in [2.75, 3.05) is 18.0 Å². The highest BCUT2D eigenvalue weighted by Crippen LogP contribution is 2.24. The van der Waals surface area contributed by atoms with Gasteiger partial charge < -0.3 is 4.90 Å². The number of halogens is 1. The van der Waals surface area contributed by atoms with E-state index in [-0.39, 0.29) is 21.3 Å². The van der Waals surface area contributed by atoms with Gasteiger partial charge in [-0.05, 0) is 61.7 Å². The second-order valence-corrected chi connectivity index (χ2v) is 8.05. The van der Waals surface area contributed by atoms with Crippen molar-refractivity contribution in [1.82, 2.24) is 0 Å². The van der Waals surface area contributed by atoms with Crippen molar-refractivity contribution in [3.63, 3.8) is 0 Å². The number of carbonyl (C=O) groups excluding carboxylic acids is 1. The first-order valence-corrected chi connectivity index (χ1v) is 10.0. The normalized spacial score (nSPS) is 15.2. The number of carbonyl (C=O) groups is 1. The summed E-state index contributed by atoms with van der Waals surface area (Å²) in [5.74, 6) is -0.272. The Hall–Kier alpha value is -1.89. The van der Waals surface area contributed by atoms with E-state index in [9.17, 15) is 13.2 Å². The fraction of sp³-hybridized carbons (Fsp3) is 0.278. The monoisotopic (exact) mass is 378 g/mol. The Bertz CT molecular complexity index is 889. The molecule has 3 rings (SSSR count). The molecule has 2 aromatic carbocycles. The lowest BCUT2D eigenvalue weighted by atomic mass is 10.0. The molecule has 0 aromatic heterocycles. The lowest BCUT2D eigenvalue weighted by Crippen LogP contribution is -2.29. The van der Waals surface area contributed by atoms with E-state index in [1.807, 2.05) is 12.1 Å². The minimum Gasteiger partial charge on any atom is -0.372 e. The minimum atomic E-state index is -3.98. The fourth-order valence-corrected chi connectivity index (χ4v) is 4.08. The summed E-state index contributed by atoms with van der Waals surface area (Å²) in [7, 11) is -3.98. The van der Waals surface area contributed by atoms with Crippen LogP contribution in [0.25, 0.3) is 0 Å². The van der Waals surface area contributed by atoms with Gasteiger partial charge in [-0.3, -0.25) is 4.79 Å². The van der Waals surface area contributed by atoms with Crippen LogP contribution in [-0.2, 0) is 10.0 Å².